The molecule has 19 heavy (non-hydrogen) atoms. The molecule has 0 fully saturated rings. The Balaban J connectivity index is 2.10. The van der Waals surface area contributed by atoms with Crippen LogP contribution in [-0.4, -0.2) is 28.9 Å². The zero-order valence-corrected chi connectivity index (χ0v) is 11.8. The Labute approximate surface area is 119 Å². The zero-order chi connectivity index (χ0) is 13.2. The van der Waals surface area contributed by atoms with Crippen LogP contribution in [0.5, 0.6) is 11.5 Å². The van der Waals surface area contributed by atoms with Crippen molar-refractivity contribution in [1.29, 1.82) is 0 Å². The summed E-state index contributed by atoms with van der Waals surface area (Å²) in [5, 5.41) is 7.92. The Kier molecular flexibility index (Phi) is 3.52. The second-order valence-electron chi connectivity index (χ2n) is 4.05. The Hall–Kier alpha value is -1.40. The Bertz CT molecular complexity index is 589. The second-order valence-corrected chi connectivity index (χ2v) is 5.46. The van der Waals surface area contributed by atoms with Gasteiger partial charge in [-0.2, -0.15) is 5.10 Å². The summed E-state index contributed by atoms with van der Waals surface area (Å²) >= 11 is 7.68. The van der Waals surface area contributed by atoms with Gasteiger partial charge in [0.25, 0.3) is 0 Å². The maximum Gasteiger partial charge on any atom is 0.188 e. The number of fused-ring (bicyclic) bond motifs is 1. The van der Waals surface area contributed by atoms with E-state index in [1.807, 2.05) is 6.07 Å². The van der Waals surface area contributed by atoms with Crippen LogP contribution in [-0.2, 0) is 6.42 Å². The molecular formula is C12H12ClN3O2S. The number of nitrogens with one attached hydrogen (secondary N) is 1. The number of benzene rings is 1. The van der Waals surface area contributed by atoms with Crippen LogP contribution >= 0.6 is 23.4 Å². The van der Waals surface area contributed by atoms with Gasteiger partial charge in [0.2, 0.25) is 0 Å². The van der Waals surface area contributed by atoms with E-state index in [2.05, 4.69) is 15.2 Å². The molecule has 5 nitrogen and oxygen atoms in total. The lowest BCUT2D eigenvalue weighted by molar-refractivity contribution is 0.276. The number of rotatable bonds is 3. The van der Waals surface area contributed by atoms with Crippen LogP contribution in [0.4, 0.5) is 0 Å². The zero-order valence-electron chi connectivity index (χ0n) is 10.3. The number of H-pyrrole nitrogens is 1. The third kappa shape index (κ3) is 2.37. The SMILES string of the molecule is COc1c(Cl)cc2c(c1Sc1ncn[nH]1)OCCC2. The van der Waals surface area contributed by atoms with E-state index in [4.69, 9.17) is 21.1 Å². The average molecular weight is 298 g/mol. The van der Waals surface area contributed by atoms with Gasteiger partial charge in [0.05, 0.1) is 18.7 Å². The van der Waals surface area contributed by atoms with Gasteiger partial charge in [0.15, 0.2) is 10.9 Å². The first-order valence-corrected chi connectivity index (χ1v) is 7.04. The summed E-state index contributed by atoms with van der Waals surface area (Å²) in [4.78, 5) is 4.96. The fourth-order valence-electron chi connectivity index (χ4n) is 2.05. The molecule has 1 aliphatic heterocycles. The van der Waals surface area contributed by atoms with E-state index in [9.17, 15) is 0 Å². The highest BCUT2D eigenvalue weighted by atomic mass is 35.5. The number of halogens is 1. The Morgan fingerprint density at radius 1 is 1.53 bits per heavy atom. The lowest BCUT2D eigenvalue weighted by Gasteiger charge is -2.22. The van der Waals surface area contributed by atoms with E-state index >= 15 is 0 Å². The summed E-state index contributed by atoms with van der Waals surface area (Å²) in [6.45, 7) is 0.710. The molecule has 2 heterocycles. The van der Waals surface area contributed by atoms with E-state index in [0.717, 1.165) is 29.1 Å². The van der Waals surface area contributed by atoms with Gasteiger partial charge >= 0.3 is 0 Å². The molecule has 0 atom stereocenters. The van der Waals surface area contributed by atoms with Crippen molar-refractivity contribution in [2.24, 2.45) is 0 Å². The molecule has 2 aromatic rings. The summed E-state index contributed by atoms with van der Waals surface area (Å²) < 4.78 is 11.2. The van der Waals surface area contributed by atoms with Crippen LogP contribution in [0, 0.1) is 0 Å². The molecule has 1 aromatic carbocycles. The van der Waals surface area contributed by atoms with Crippen LogP contribution in [0.3, 0.4) is 0 Å². The smallest absolute Gasteiger partial charge is 0.188 e. The monoisotopic (exact) mass is 297 g/mol. The first-order valence-electron chi connectivity index (χ1n) is 5.85. The highest BCUT2D eigenvalue weighted by Gasteiger charge is 2.23. The number of aromatic amines is 1. The molecule has 0 saturated heterocycles. The molecular weight excluding hydrogens is 286 g/mol. The fraction of sp³-hybridized carbons (Fsp3) is 0.333. The van der Waals surface area contributed by atoms with Crippen LogP contribution < -0.4 is 9.47 Å². The number of hydrogen-bond donors (Lipinski definition) is 1. The molecule has 7 heteroatoms. The van der Waals surface area contributed by atoms with E-state index in [1.165, 1.54) is 18.1 Å². The van der Waals surface area contributed by atoms with E-state index in [1.54, 1.807) is 7.11 Å². The Morgan fingerprint density at radius 3 is 3.16 bits per heavy atom. The number of aryl methyl sites for hydroxylation is 1. The fourth-order valence-corrected chi connectivity index (χ4v) is 3.36. The minimum absolute atomic E-state index is 0.591. The first kappa shape index (κ1) is 12.6. The van der Waals surface area contributed by atoms with Crippen molar-refractivity contribution in [2.45, 2.75) is 22.9 Å². The van der Waals surface area contributed by atoms with E-state index in [-0.39, 0.29) is 0 Å². The van der Waals surface area contributed by atoms with Crippen molar-refractivity contribution in [3.8, 4) is 11.5 Å². The van der Waals surface area contributed by atoms with Gasteiger partial charge in [0.1, 0.15) is 17.0 Å². The van der Waals surface area contributed by atoms with Crippen molar-refractivity contribution in [1.82, 2.24) is 15.2 Å². The van der Waals surface area contributed by atoms with Crippen LogP contribution in [0.15, 0.2) is 22.4 Å². The maximum atomic E-state index is 6.27. The molecule has 1 N–H and O–H groups in total. The van der Waals surface area contributed by atoms with Crippen LogP contribution in [0.25, 0.3) is 0 Å². The molecule has 0 unspecified atom stereocenters. The van der Waals surface area contributed by atoms with E-state index in [0.29, 0.717) is 22.5 Å². The minimum atomic E-state index is 0.591. The summed E-state index contributed by atoms with van der Waals surface area (Å²) in [7, 11) is 1.60. The molecule has 0 spiro atoms. The highest BCUT2D eigenvalue weighted by Crippen LogP contribution is 2.47. The third-order valence-electron chi connectivity index (χ3n) is 2.85. The largest absolute Gasteiger partial charge is 0.494 e. The number of hydrogen-bond acceptors (Lipinski definition) is 5. The van der Waals surface area contributed by atoms with Crippen molar-refractivity contribution >= 4 is 23.4 Å². The standard InChI is InChI=1S/C12H12ClN3O2S/c1-17-10-8(13)5-7-3-2-4-18-9(7)11(10)19-12-14-6-15-16-12/h5-6H,2-4H2,1H3,(H,14,15,16). The molecule has 3 rings (SSSR count). The molecule has 0 saturated carbocycles. The summed E-state index contributed by atoms with van der Waals surface area (Å²) in [5.41, 5.74) is 1.11. The van der Waals surface area contributed by atoms with Crippen LogP contribution in [0.2, 0.25) is 5.02 Å². The molecule has 0 bridgehead atoms. The predicted molar refractivity (Wildman–Crippen MR) is 72.3 cm³/mol. The average Bonchev–Trinajstić information content (AvgIpc) is 2.92. The maximum absolute atomic E-state index is 6.27. The van der Waals surface area contributed by atoms with Crippen molar-refractivity contribution in [3.63, 3.8) is 0 Å². The Morgan fingerprint density at radius 2 is 2.42 bits per heavy atom. The molecule has 0 radical (unpaired) electrons. The number of nitrogens with zero attached hydrogens (tertiary/aromatic N) is 2. The van der Waals surface area contributed by atoms with Gasteiger partial charge in [-0.05, 0) is 36.2 Å². The van der Waals surface area contributed by atoms with Crippen molar-refractivity contribution in [2.75, 3.05) is 13.7 Å². The lowest BCUT2D eigenvalue weighted by atomic mass is 10.1. The van der Waals surface area contributed by atoms with Gasteiger partial charge in [-0.15, -0.1) is 0 Å². The number of methoxy groups -OCH3 is 1. The van der Waals surface area contributed by atoms with Crippen LogP contribution in [0.1, 0.15) is 12.0 Å². The topological polar surface area (TPSA) is 60.0 Å². The van der Waals surface area contributed by atoms with E-state index < -0.39 is 0 Å². The molecule has 0 amide bonds. The number of aromatic nitrogens is 3. The molecule has 0 aliphatic carbocycles. The predicted octanol–water partition coefficient (Wildman–Crippen LogP) is 2.94. The summed E-state index contributed by atoms with van der Waals surface area (Å²) in [6.07, 6.45) is 3.43. The van der Waals surface area contributed by atoms with Gasteiger partial charge in [-0.1, -0.05) is 11.6 Å². The van der Waals surface area contributed by atoms with Gasteiger partial charge in [0, 0.05) is 0 Å². The van der Waals surface area contributed by atoms with Crippen molar-refractivity contribution < 1.29 is 9.47 Å². The van der Waals surface area contributed by atoms with Gasteiger partial charge in [-0.3, -0.25) is 5.10 Å². The van der Waals surface area contributed by atoms with Gasteiger partial charge < -0.3 is 9.47 Å². The van der Waals surface area contributed by atoms with Gasteiger partial charge in [-0.25, -0.2) is 4.98 Å². The first-order chi connectivity index (χ1) is 9.29. The number of ether oxygens (including phenoxy) is 2. The lowest BCUT2D eigenvalue weighted by Crippen LogP contribution is -2.10. The normalized spacial score (nSPS) is 13.8. The summed E-state index contributed by atoms with van der Waals surface area (Å²) in [6, 6.07) is 1.92. The second kappa shape index (κ2) is 5.30. The quantitative estimate of drug-likeness (QED) is 0.944. The highest BCUT2D eigenvalue weighted by molar-refractivity contribution is 7.99. The molecule has 100 valence electrons. The molecule has 1 aliphatic rings. The van der Waals surface area contributed by atoms with Crippen molar-refractivity contribution in [3.05, 3.63) is 23.0 Å². The molecule has 1 aromatic heterocycles. The minimum Gasteiger partial charge on any atom is -0.494 e. The third-order valence-corrected chi connectivity index (χ3v) is 4.10. The summed E-state index contributed by atoms with van der Waals surface area (Å²) in [5.74, 6) is 1.46.